The van der Waals surface area contributed by atoms with Crippen LogP contribution in [-0.4, -0.2) is 48.3 Å². The number of carbonyl (C=O) groups is 3. The van der Waals surface area contributed by atoms with Gasteiger partial charge in [-0.25, -0.2) is 0 Å². The zero-order chi connectivity index (χ0) is 23.6. The molecule has 0 fully saturated rings. The van der Waals surface area contributed by atoms with Crippen LogP contribution in [0.2, 0.25) is 0 Å². The number of anilines is 2. The topological polar surface area (TPSA) is 75.3 Å². The summed E-state index contributed by atoms with van der Waals surface area (Å²) in [6.45, 7) is 9.43. The number of nitrogens with one attached hydrogen (secondary N) is 2. The van der Waals surface area contributed by atoms with Gasteiger partial charge in [0.1, 0.15) is 0 Å². The molecule has 0 heterocycles. The Labute approximate surface area is 190 Å². The molecule has 2 N–H and O–H groups in total. The Balaban J connectivity index is 1.99. The average Bonchev–Trinajstić information content (AvgIpc) is 2.82. The summed E-state index contributed by atoms with van der Waals surface area (Å²) in [5.41, 5.74) is 2.31. The first kappa shape index (κ1) is 24.8. The molecule has 32 heavy (non-hydrogen) atoms. The van der Waals surface area contributed by atoms with Crippen LogP contribution >= 0.6 is 0 Å². The summed E-state index contributed by atoms with van der Waals surface area (Å²) < 4.78 is 0.739. The van der Waals surface area contributed by atoms with Gasteiger partial charge in [0.15, 0.2) is 12.3 Å². The Hall–Kier alpha value is -3.43. The van der Waals surface area contributed by atoms with E-state index >= 15 is 0 Å². The van der Waals surface area contributed by atoms with Crippen molar-refractivity contribution in [2.75, 3.05) is 36.8 Å². The first-order valence-electron chi connectivity index (χ1n) is 11.0. The highest BCUT2D eigenvalue weighted by atomic mass is 16.2. The molecular formula is C26H32N3O3+. The second kappa shape index (κ2) is 11.8. The second-order valence-corrected chi connectivity index (χ2v) is 7.73. The normalized spacial score (nSPS) is 10.8. The minimum Gasteiger partial charge on any atom is -0.326 e. The van der Waals surface area contributed by atoms with Crippen LogP contribution in [0.3, 0.4) is 0 Å². The van der Waals surface area contributed by atoms with Gasteiger partial charge in [-0.2, -0.15) is 0 Å². The Bertz CT molecular complexity index is 961. The number of carbonyl (C=O) groups excluding carboxylic acids is 3. The first-order chi connectivity index (χ1) is 15.4. The van der Waals surface area contributed by atoms with Crippen LogP contribution in [0.4, 0.5) is 11.4 Å². The zero-order valence-electron chi connectivity index (χ0n) is 19.1. The second-order valence-electron chi connectivity index (χ2n) is 7.73. The average molecular weight is 435 g/mol. The molecule has 168 valence electrons. The Morgan fingerprint density at radius 2 is 1.22 bits per heavy atom. The maximum Gasteiger partial charge on any atom is 0.279 e. The van der Waals surface area contributed by atoms with Crippen molar-refractivity contribution in [1.29, 1.82) is 0 Å². The lowest BCUT2D eigenvalue weighted by molar-refractivity contribution is -0.915. The molecule has 0 aliphatic heterocycles. The van der Waals surface area contributed by atoms with E-state index in [0.717, 1.165) is 24.1 Å². The van der Waals surface area contributed by atoms with Crippen LogP contribution in [0.15, 0.2) is 48.5 Å². The van der Waals surface area contributed by atoms with Crippen LogP contribution in [-0.2, 0) is 9.59 Å². The molecule has 0 unspecified atom stereocenters. The number of terminal acetylenes is 1. The lowest BCUT2D eigenvalue weighted by Gasteiger charge is -2.34. The predicted molar refractivity (Wildman–Crippen MR) is 128 cm³/mol. The standard InChI is InChI=1S/C26H31N3O3/c1-5-9-10-24(30)27-22-15-11-20(12-16-22)26(32)21-13-17-23(18-14-21)28-25(31)19-29(6-2,7-3)8-4/h1,11-18H,6-10,19H2,2-4H3,(H-,27,28,30,31,32)/p+1. The highest BCUT2D eigenvalue weighted by molar-refractivity contribution is 6.09. The van der Waals surface area contributed by atoms with Gasteiger partial charge in [-0.3, -0.25) is 14.4 Å². The fourth-order valence-electron chi connectivity index (χ4n) is 3.50. The number of nitrogens with zero attached hydrogens (tertiary/aromatic N) is 1. The van der Waals surface area contributed by atoms with Gasteiger partial charge in [0.25, 0.3) is 5.91 Å². The van der Waals surface area contributed by atoms with Crippen molar-refractivity contribution in [3.63, 3.8) is 0 Å². The lowest BCUT2D eigenvalue weighted by atomic mass is 10.0. The van der Waals surface area contributed by atoms with Gasteiger partial charge < -0.3 is 15.1 Å². The molecule has 2 rings (SSSR count). The summed E-state index contributed by atoms with van der Waals surface area (Å²) in [4.78, 5) is 37.0. The summed E-state index contributed by atoms with van der Waals surface area (Å²) >= 11 is 0. The van der Waals surface area contributed by atoms with Gasteiger partial charge >= 0.3 is 0 Å². The lowest BCUT2D eigenvalue weighted by Crippen LogP contribution is -2.51. The predicted octanol–water partition coefficient (Wildman–Crippen LogP) is 4.08. The first-order valence-corrected chi connectivity index (χ1v) is 11.0. The van der Waals surface area contributed by atoms with Crippen molar-refractivity contribution in [2.45, 2.75) is 33.6 Å². The quantitative estimate of drug-likeness (QED) is 0.318. The van der Waals surface area contributed by atoms with Crippen LogP contribution in [0.1, 0.15) is 49.5 Å². The van der Waals surface area contributed by atoms with E-state index < -0.39 is 0 Å². The van der Waals surface area contributed by atoms with Crippen molar-refractivity contribution in [1.82, 2.24) is 0 Å². The molecule has 0 saturated carbocycles. The van der Waals surface area contributed by atoms with Crippen LogP contribution in [0.5, 0.6) is 0 Å². The number of amides is 2. The van der Waals surface area contributed by atoms with Crippen LogP contribution in [0.25, 0.3) is 0 Å². The van der Waals surface area contributed by atoms with Gasteiger partial charge in [-0.15, -0.1) is 12.3 Å². The maximum absolute atomic E-state index is 12.8. The van der Waals surface area contributed by atoms with Crippen molar-refractivity contribution in [2.24, 2.45) is 0 Å². The highest BCUT2D eigenvalue weighted by Crippen LogP contribution is 2.17. The van der Waals surface area contributed by atoms with Gasteiger partial charge in [-0.05, 0) is 69.3 Å². The molecular weight excluding hydrogens is 402 g/mol. The largest absolute Gasteiger partial charge is 0.326 e. The zero-order valence-corrected chi connectivity index (χ0v) is 19.1. The smallest absolute Gasteiger partial charge is 0.279 e. The Morgan fingerprint density at radius 3 is 1.62 bits per heavy atom. The van der Waals surface area contributed by atoms with E-state index in [2.05, 4.69) is 37.3 Å². The molecule has 0 spiro atoms. The molecule has 0 radical (unpaired) electrons. The van der Waals surface area contributed by atoms with Crippen molar-refractivity contribution in [3.8, 4) is 12.3 Å². The van der Waals surface area contributed by atoms with Gasteiger partial charge in [0, 0.05) is 35.3 Å². The third kappa shape index (κ3) is 6.79. The minimum atomic E-state index is -0.160. The fourth-order valence-corrected chi connectivity index (χ4v) is 3.50. The molecule has 6 heteroatoms. The minimum absolute atomic E-state index is 0.0329. The van der Waals surface area contributed by atoms with E-state index in [1.54, 1.807) is 48.5 Å². The molecule has 0 aliphatic carbocycles. The van der Waals surface area contributed by atoms with E-state index in [1.165, 1.54) is 0 Å². The molecule has 2 aromatic rings. The Kier molecular flexibility index (Phi) is 9.18. The molecule has 0 aromatic heterocycles. The van der Waals surface area contributed by atoms with Gasteiger partial charge in [-0.1, -0.05) is 0 Å². The summed E-state index contributed by atoms with van der Waals surface area (Å²) in [6, 6.07) is 13.6. The summed E-state index contributed by atoms with van der Waals surface area (Å²) in [5.74, 6) is 2.10. The van der Waals surface area contributed by atoms with Gasteiger partial charge in [0.2, 0.25) is 5.91 Å². The number of benzene rings is 2. The number of ketones is 1. The molecule has 0 aliphatic rings. The Morgan fingerprint density at radius 1 is 0.781 bits per heavy atom. The highest BCUT2D eigenvalue weighted by Gasteiger charge is 2.24. The van der Waals surface area contributed by atoms with Crippen molar-refractivity contribution >= 4 is 29.0 Å². The van der Waals surface area contributed by atoms with Gasteiger partial charge in [0.05, 0.1) is 19.6 Å². The fraction of sp³-hybridized carbons (Fsp3) is 0.346. The third-order valence-corrected chi connectivity index (χ3v) is 5.85. The monoisotopic (exact) mass is 434 g/mol. The van der Waals surface area contributed by atoms with E-state index in [4.69, 9.17) is 6.42 Å². The number of quaternary nitrogens is 1. The van der Waals surface area contributed by atoms with Crippen LogP contribution < -0.4 is 10.6 Å². The number of rotatable bonds is 11. The van der Waals surface area contributed by atoms with Crippen molar-refractivity contribution < 1.29 is 18.9 Å². The van der Waals surface area contributed by atoms with E-state index in [1.807, 2.05) is 0 Å². The summed E-state index contributed by atoms with van der Waals surface area (Å²) in [5, 5.41) is 5.68. The maximum atomic E-state index is 12.8. The SMILES string of the molecule is C#CCCC(=O)Nc1ccc(C(=O)c2ccc(NC(=O)C[N+](CC)(CC)CC)cc2)cc1. The summed E-state index contributed by atoms with van der Waals surface area (Å²) in [7, 11) is 0. The third-order valence-electron chi connectivity index (χ3n) is 5.85. The van der Waals surface area contributed by atoms with E-state index in [9.17, 15) is 14.4 Å². The summed E-state index contributed by atoms with van der Waals surface area (Å²) in [6.07, 6.45) is 5.81. The van der Waals surface area contributed by atoms with Crippen molar-refractivity contribution in [3.05, 3.63) is 59.7 Å². The number of hydrogen-bond donors (Lipinski definition) is 2. The molecule has 0 saturated heterocycles. The molecule has 0 atom stereocenters. The molecule has 0 bridgehead atoms. The molecule has 2 amide bonds. The number of hydrogen-bond acceptors (Lipinski definition) is 3. The van der Waals surface area contributed by atoms with Crippen LogP contribution in [0, 0.1) is 12.3 Å². The molecule has 6 nitrogen and oxygen atoms in total. The van der Waals surface area contributed by atoms with E-state index in [-0.39, 0.29) is 24.0 Å². The van der Waals surface area contributed by atoms with E-state index in [0.29, 0.717) is 35.5 Å². The molecule has 2 aromatic carbocycles. The number of likely N-dealkylation sites (N-methyl/N-ethyl adjacent to an activating group) is 1.